The molecular weight excluding hydrogens is 446 g/mol. The third-order valence-corrected chi connectivity index (χ3v) is 5.95. The second kappa shape index (κ2) is 10.9. The van der Waals surface area contributed by atoms with E-state index in [1.54, 1.807) is 50.0 Å². The number of aliphatic hydroxyl groups is 1. The number of benzene rings is 2. The number of hydrogen-bond donors (Lipinski definition) is 1. The number of carbonyl (C=O) groups excluding carboxylic acids is 2. The van der Waals surface area contributed by atoms with Crippen LogP contribution in [-0.2, 0) is 16.1 Å². The van der Waals surface area contributed by atoms with E-state index in [4.69, 9.17) is 9.47 Å². The number of methoxy groups -OCH3 is 1. The summed E-state index contributed by atoms with van der Waals surface area (Å²) < 4.78 is 13.1. The van der Waals surface area contributed by atoms with Crippen molar-refractivity contribution in [3.63, 3.8) is 0 Å². The van der Waals surface area contributed by atoms with Gasteiger partial charge in [-0.2, -0.15) is 0 Å². The van der Waals surface area contributed by atoms with Crippen LogP contribution in [0.15, 0.2) is 72.8 Å². The molecule has 0 radical (unpaired) electrons. The highest BCUT2D eigenvalue weighted by Crippen LogP contribution is 2.42. The molecule has 182 valence electrons. The van der Waals surface area contributed by atoms with E-state index in [1.165, 1.54) is 4.90 Å². The van der Waals surface area contributed by atoms with Gasteiger partial charge < -0.3 is 24.0 Å². The summed E-state index contributed by atoms with van der Waals surface area (Å²) in [7, 11) is 1.54. The summed E-state index contributed by atoms with van der Waals surface area (Å²) in [4.78, 5) is 31.9. The van der Waals surface area contributed by atoms with Gasteiger partial charge >= 0.3 is 0 Å². The summed E-state index contributed by atoms with van der Waals surface area (Å²) in [5.74, 6) is -0.375. The number of carbonyl (C=O) groups is 2. The Kier molecular flexibility index (Phi) is 7.50. The quantitative estimate of drug-likeness (QED) is 0.268. The maximum atomic E-state index is 13.2. The third-order valence-electron chi connectivity index (χ3n) is 5.95. The van der Waals surface area contributed by atoms with Gasteiger partial charge in [0.15, 0.2) is 0 Å². The van der Waals surface area contributed by atoms with E-state index in [1.807, 2.05) is 35.9 Å². The smallest absolute Gasteiger partial charge is 0.295 e. The van der Waals surface area contributed by atoms with E-state index in [0.29, 0.717) is 48.7 Å². The fourth-order valence-corrected chi connectivity index (χ4v) is 4.25. The minimum atomic E-state index is -0.773. The van der Waals surface area contributed by atoms with Crippen LogP contribution in [0.2, 0.25) is 0 Å². The lowest BCUT2D eigenvalue weighted by molar-refractivity contribution is -0.140. The van der Waals surface area contributed by atoms with Crippen LogP contribution >= 0.6 is 0 Å². The van der Waals surface area contributed by atoms with Gasteiger partial charge in [0.05, 0.1) is 31.7 Å². The van der Waals surface area contributed by atoms with Crippen LogP contribution in [0.4, 0.5) is 0 Å². The van der Waals surface area contributed by atoms with Gasteiger partial charge in [0.25, 0.3) is 11.7 Å². The van der Waals surface area contributed by atoms with Gasteiger partial charge in [0.1, 0.15) is 17.3 Å². The van der Waals surface area contributed by atoms with Crippen LogP contribution in [0.1, 0.15) is 36.9 Å². The minimum absolute atomic E-state index is 0.0457. The second-order valence-electron chi connectivity index (χ2n) is 8.26. The Labute approximate surface area is 204 Å². The molecule has 0 bridgehead atoms. The lowest BCUT2D eigenvalue weighted by Gasteiger charge is -2.26. The van der Waals surface area contributed by atoms with Crippen molar-refractivity contribution in [2.24, 2.45) is 0 Å². The van der Waals surface area contributed by atoms with Crippen molar-refractivity contribution < 1.29 is 24.2 Å². The van der Waals surface area contributed by atoms with Gasteiger partial charge in [-0.3, -0.25) is 9.59 Å². The topological polar surface area (TPSA) is 93.9 Å². The zero-order valence-electron chi connectivity index (χ0n) is 19.9. The van der Waals surface area contributed by atoms with Crippen molar-refractivity contribution in [2.45, 2.75) is 32.4 Å². The first-order chi connectivity index (χ1) is 17.0. The number of imidazole rings is 1. The summed E-state index contributed by atoms with van der Waals surface area (Å²) in [6.07, 6.45) is 6.74. The molecule has 0 saturated carbocycles. The van der Waals surface area contributed by atoms with Crippen LogP contribution in [0.3, 0.4) is 0 Å². The monoisotopic (exact) mass is 475 g/mol. The highest BCUT2D eigenvalue weighted by molar-refractivity contribution is 6.46. The van der Waals surface area contributed by atoms with Crippen LogP contribution < -0.4 is 9.47 Å². The molecular formula is C27H29N3O5. The average Bonchev–Trinajstić information content (AvgIpc) is 3.49. The molecule has 0 unspecified atom stereocenters. The summed E-state index contributed by atoms with van der Waals surface area (Å²) in [6, 6.07) is 13.3. The number of aryl methyl sites for hydroxylation is 1. The van der Waals surface area contributed by atoms with Crippen LogP contribution in [0.5, 0.6) is 11.5 Å². The second-order valence-corrected chi connectivity index (χ2v) is 8.26. The molecule has 2 heterocycles. The van der Waals surface area contributed by atoms with E-state index >= 15 is 0 Å². The molecule has 8 heteroatoms. The van der Waals surface area contributed by atoms with Crippen molar-refractivity contribution in [2.75, 3.05) is 20.3 Å². The van der Waals surface area contributed by atoms with Gasteiger partial charge in [-0.05, 0) is 43.2 Å². The Morgan fingerprint density at radius 1 is 1.09 bits per heavy atom. The van der Waals surface area contributed by atoms with Crippen molar-refractivity contribution in [3.8, 4) is 11.5 Å². The van der Waals surface area contributed by atoms with Crippen LogP contribution in [0.25, 0.3) is 5.76 Å². The third kappa shape index (κ3) is 5.06. The number of Topliss-reactive ketones (excluding diaryl/α,β-unsaturated/α-hetero) is 1. The van der Waals surface area contributed by atoms with Crippen LogP contribution in [-0.4, -0.2) is 51.5 Å². The average molecular weight is 476 g/mol. The first-order valence-corrected chi connectivity index (χ1v) is 11.7. The van der Waals surface area contributed by atoms with E-state index in [-0.39, 0.29) is 11.3 Å². The van der Waals surface area contributed by atoms with Gasteiger partial charge in [-0.15, -0.1) is 0 Å². The predicted molar refractivity (Wildman–Crippen MR) is 131 cm³/mol. The number of amides is 1. The summed E-state index contributed by atoms with van der Waals surface area (Å²) in [5, 5.41) is 11.3. The van der Waals surface area contributed by atoms with Crippen molar-refractivity contribution in [1.82, 2.24) is 14.5 Å². The van der Waals surface area contributed by atoms with Crippen molar-refractivity contribution in [1.29, 1.82) is 0 Å². The molecule has 1 amide bonds. The number of aromatic nitrogens is 2. The molecule has 3 aromatic rings. The number of hydrogen-bond acceptors (Lipinski definition) is 6. The molecule has 1 aromatic heterocycles. The van der Waals surface area contributed by atoms with Gasteiger partial charge in [-0.1, -0.05) is 25.1 Å². The highest BCUT2D eigenvalue weighted by Gasteiger charge is 2.46. The number of ether oxygens (including phenoxy) is 2. The highest BCUT2D eigenvalue weighted by atomic mass is 16.5. The Balaban J connectivity index is 1.72. The SMILES string of the molecule is CCCOc1ccc(C(O)=C2C(=O)C(=O)N(CCCn3ccnc3)[C@@H]2c2ccccc2OC)cc1. The largest absolute Gasteiger partial charge is 0.507 e. The fourth-order valence-electron chi connectivity index (χ4n) is 4.25. The number of ketones is 1. The predicted octanol–water partition coefficient (Wildman–Crippen LogP) is 4.19. The zero-order chi connectivity index (χ0) is 24.8. The first kappa shape index (κ1) is 24.1. The molecule has 8 nitrogen and oxygen atoms in total. The maximum absolute atomic E-state index is 13.2. The normalized spacial score (nSPS) is 17.1. The number of nitrogens with zero attached hydrogens (tertiary/aromatic N) is 3. The lowest BCUT2D eigenvalue weighted by atomic mass is 9.94. The fraction of sp³-hybridized carbons (Fsp3) is 0.296. The van der Waals surface area contributed by atoms with Gasteiger partial charge in [-0.25, -0.2) is 4.98 Å². The Bertz CT molecular complexity index is 1200. The molecule has 0 aliphatic carbocycles. The zero-order valence-corrected chi connectivity index (χ0v) is 19.9. The van der Waals surface area contributed by atoms with E-state index < -0.39 is 17.7 Å². The van der Waals surface area contributed by atoms with Crippen LogP contribution in [0, 0.1) is 0 Å². The summed E-state index contributed by atoms with van der Waals surface area (Å²) in [6.45, 7) is 3.57. The molecule has 1 N–H and O–H groups in total. The standard InChI is InChI=1S/C27H29N3O5/c1-3-17-35-20-11-9-19(10-12-20)25(31)23-24(21-7-4-5-8-22(21)34-2)30(27(33)26(23)32)15-6-14-29-16-13-28-18-29/h4-5,7-13,16,18,24,31H,3,6,14-15,17H2,1-2H3/t24-/m1/s1. The Morgan fingerprint density at radius 2 is 1.86 bits per heavy atom. The Hall–Kier alpha value is -4.07. The molecule has 0 spiro atoms. The molecule has 2 aromatic carbocycles. The van der Waals surface area contributed by atoms with E-state index in [2.05, 4.69) is 4.98 Å². The van der Waals surface area contributed by atoms with Gasteiger partial charge in [0, 0.05) is 36.6 Å². The molecule has 35 heavy (non-hydrogen) atoms. The van der Waals surface area contributed by atoms with Crippen molar-refractivity contribution >= 4 is 17.4 Å². The number of likely N-dealkylation sites (tertiary alicyclic amines) is 1. The molecule has 1 aliphatic rings. The maximum Gasteiger partial charge on any atom is 0.295 e. The number of para-hydroxylation sites is 1. The summed E-state index contributed by atoms with van der Waals surface area (Å²) >= 11 is 0. The molecule has 1 saturated heterocycles. The van der Waals surface area contributed by atoms with Gasteiger partial charge in [0.2, 0.25) is 0 Å². The Morgan fingerprint density at radius 3 is 2.54 bits per heavy atom. The van der Waals surface area contributed by atoms with E-state index in [9.17, 15) is 14.7 Å². The molecule has 1 fully saturated rings. The molecule has 1 aliphatic heterocycles. The summed E-state index contributed by atoms with van der Waals surface area (Å²) in [5.41, 5.74) is 1.12. The molecule has 4 rings (SSSR count). The lowest BCUT2D eigenvalue weighted by Crippen LogP contribution is -2.31. The number of aliphatic hydroxyl groups excluding tert-OH is 1. The van der Waals surface area contributed by atoms with Crippen molar-refractivity contribution in [3.05, 3.63) is 84.0 Å². The minimum Gasteiger partial charge on any atom is -0.507 e. The number of rotatable bonds is 10. The van der Waals surface area contributed by atoms with E-state index in [0.717, 1.165) is 6.42 Å². The molecule has 1 atom stereocenters. The first-order valence-electron chi connectivity index (χ1n) is 11.7.